The molecule has 1 aliphatic rings. The van der Waals surface area contributed by atoms with Gasteiger partial charge in [-0.25, -0.2) is 4.98 Å². The van der Waals surface area contributed by atoms with Gasteiger partial charge >= 0.3 is 12.1 Å². The Morgan fingerprint density at radius 1 is 1.21 bits per heavy atom. The molecule has 0 saturated heterocycles. The second-order valence-electron chi connectivity index (χ2n) is 11.6. The number of carbonyl (C=O) groups is 2. The number of cyclic esters (lactones) is 1. The van der Waals surface area contributed by atoms with E-state index in [9.17, 15) is 33.0 Å². The fourth-order valence-electron chi connectivity index (χ4n) is 5.03. The number of nitrogens with zero attached hydrogens (tertiary/aromatic N) is 1. The number of alkyl halides is 3. The number of hydrogen-bond donors (Lipinski definition) is 2. The van der Waals surface area contributed by atoms with Gasteiger partial charge in [0.05, 0.1) is 18.4 Å². The van der Waals surface area contributed by atoms with Crippen LogP contribution in [0.25, 0.3) is 6.08 Å². The lowest BCUT2D eigenvalue weighted by Gasteiger charge is -2.35. The number of rotatable bonds is 3. The van der Waals surface area contributed by atoms with E-state index in [1.807, 2.05) is 6.92 Å². The molecule has 2 rings (SSSR count). The Labute approximate surface area is 233 Å². The molecule has 39 heavy (non-hydrogen) atoms. The number of thiazole rings is 1. The van der Waals surface area contributed by atoms with Crippen LogP contribution in [-0.2, 0) is 20.9 Å². The first-order valence-corrected chi connectivity index (χ1v) is 14.3. The van der Waals surface area contributed by atoms with E-state index in [4.69, 9.17) is 4.74 Å². The lowest BCUT2D eigenvalue weighted by Crippen LogP contribution is -2.41. The van der Waals surface area contributed by atoms with E-state index in [-0.39, 0.29) is 44.0 Å². The summed E-state index contributed by atoms with van der Waals surface area (Å²) in [5.74, 6) is -2.71. The number of ketones is 1. The van der Waals surface area contributed by atoms with Crippen molar-refractivity contribution in [3.8, 4) is 0 Å². The van der Waals surface area contributed by atoms with E-state index in [2.05, 4.69) is 4.98 Å². The van der Waals surface area contributed by atoms with Crippen molar-refractivity contribution < 1.29 is 37.7 Å². The van der Waals surface area contributed by atoms with Crippen LogP contribution in [-0.4, -0.2) is 45.3 Å². The molecule has 2 heterocycles. The van der Waals surface area contributed by atoms with Crippen molar-refractivity contribution in [2.24, 2.45) is 29.1 Å². The molecule has 1 unspecified atom stereocenters. The monoisotopic (exact) mass is 573 g/mol. The van der Waals surface area contributed by atoms with Crippen LogP contribution in [0.1, 0.15) is 84.9 Å². The van der Waals surface area contributed by atoms with Crippen LogP contribution < -0.4 is 0 Å². The van der Waals surface area contributed by atoms with Crippen molar-refractivity contribution >= 4 is 29.2 Å². The van der Waals surface area contributed by atoms with Crippen molar-refractivity contribution in [2.75, 3.05) is 0 Å². The number of aliphatic hydroxyl groups is 2. The number of esters is 1. The van der Waals surface area contributed by atoms with Crippen molar-refractivity contribution in [1.82, 2.24) is 4.98 Å². The van der Waals surface area contributed by atoms with Crippen molar-refractivity contribution in [3.63, 3.8) is 0 Å². The Hall–Kier alpha value is -2.04. The third kappa shape index (κ3) is 8.98. The number of halogens is 3. The zero-order valence-corrected chi connectivity index (χ0v) is 24.7. The molecule has 6 atom stereocenters. The summed E-state index contributed by atoms with van der Waals surface area (Å²) in [4.78, 5) is 30.4. The topological polar surface area (TPSA) is 96.7 Å². The van der Waals surface area contributed by atoms with E-state index in [1.54, 1.807) is 53.0 Å². The lowest BCUT2D eigenvalue weighted by molar-refractivity contribution is -0.148. The quantitative estimate of drug-likeness (QED) is 0.316. The van der Waals surface area contributed by atoms with Gasteiger partial charge < -0.3 is 14.9 Å². The highest BCUT2D eigenvalue weighted by atomic mass is 32.1. The third-order valence-corrected chi connectivity index (χ3v) is 9.01. The summed E-state index contributed by atoms with van der Waals surface area (Å²) in [6.45, 7) is 11.8. The highest BCUT2D eigenvalue weighted by Gasteiger charge is 2.40. The summed E-state index contributed by atoms with van der Waals surface area (Å²) >= 11 is 1.25. The van der Waals surface area contributed by atoms with E-state index < -0.39 is 53.1 Å². The standard InChI is InChI=1S/C29H42F3NO5S/c1-16-12-21(29(30,31)32)8-9-23(17(2)13-22-15-39-24(14-34)33-22)38-25(35)10-11-28(6,7)27(37)20(5)26(36)19(4)18(16)3/h8,13,15-16,18-20,23,26,34,36H,9-12,14H2,1-7H3/b17-13+,21-8+/t16?,18-,19-,20+,23-,26-/m0/s1. The Morgan fingerprint density at radius 3 is 2.41 bits per heavy atom. The summed E-state index contributed by atoms with van der Waals surface area (Å²) in [5, 5.41) is 22.5. The molecule has 2 N–H and O–H groups in total. The summed E-state index contributed by atoms with van der Waals surface area (Å²) in [5.41, 5.74) is -0.596. The van der Waals surface area contributed by atoms with Gasteiger partial charge in [-0.05, 0) is 49.2 Å². The zero-order chi connectivity index (χ0) is 29.7. The normalized spacial score (nSPS) is 31.9. The molecule has 0 radical (unpaired) electrons. The number of carbonyl (C=O) groups excluding carboxylic acids is 2. The second-order valence-corrected chi connectivity index (χ2v) is 12.5. The van der Waals surface area contributed by atoms with Gasteiger partial charge in [0.25, 0.3) is 0 Å². The van der Waals surface area contributed by atoms with Crippen molar-refractivity contribution in [1.29, 1.82) is 0 Å². The summed E-state index contributed by atoms with van der Waals surface area (Å²) < 4.78 is 47.9. The Morgan fingerprint density at radius 2 is 1.85 bits per heavy atom. The largest absolute Gasteiger partial charge is 0.457 e. The molecular weight excluding hydrogens is 531 g/mol. The first-order valence-electron chi connectivity index (χ1n) is 13.4. The van der Waals surface area contributed by atoms with Crippen molar-refractivity contribution in [2.45, 2.75) is 99.1 Å². The summed E-state index contributed by atoms with van der Waals surface area (Å²) in [6, 6.07) is 0. The predicted octanol–water partition coefficient (Wildman–Crippen LogP) is 6.51. The Kier molecular flexibility index (Phi) is 11.5. The Bertz CT molecular complexity index is 1060. The maximum absolute atomic E-state index is 14.1. The molecule has 0 spiro atoms. The van der Waals surface area contributed by atoms with Crippen LogP contribution in [0.5, 0.6) is 0 Å². The zero-order valence-electron chi connectivity index (χ0n) is 23.8. The molecule has 220 valence electrons. The fourth-order valence-corrected chi connectivity index (χ4v) is 5.64. The Balaban J connectivity index is 2.51. The van der Waals surface area contributed by atoms with Gasteiger partial charge in [-0.15, -0.1) is 11.3 Å². The van der Waals surface area contributed by atoms with Crippen molar-refractivity contribution in [3.05, 3.63) is 33.3 Å². The number of ether oxygens (including phenoxy) is 1. The highest BCUT2D eigenvalue weighted by molar-refractivity contribution is 7.09. The number of allylic oxidation sites excluding steroid dienone is 1. The minimum Gasteiger partial charge on any atom is -0.457 e. The molecule has 1 aromatic rings. The molecule has 0 fully saturated rings. The molecule has 1 aromatic heterocycles. The SMILES string of the molecule is C/C(=C\c1csc(CO)n1)[C@@H]1C/C=C(/C(F)(F)F)CC(C)[C@H](C)[C@H](C)[C@H](O)[C@@H](C)C(=O)C(C)(C)CCC(=O)O1. The van der Waals surface area contributed by atoms with Gasteiger partial charge in [-0.3, -0.25) is 9.59 Å². The average molecular weight is 574 g/mol. The van der Waals surface area contributed by atoms with Crippen LogP contribution in [0, 0.1) is 29.1 Å². The van der Waals surface area contributed by atoms with Crippen LogP contribution in [0.3, 0.4) is 0 Å². The number of aliphatic hydroxyl groups excluding tert-OH is 2. The predicted molar refractivity (Wildman–Crippen MR) is 146 cm³/mol. The molecule has 1 aliphatic heterocycles. The van der Waals surface area contributed by atoms with Crippen LogP contribution in [0.15, 0.2) is 22.6 Å². The first kappa shape index (κ1) is 33.2. The molecular formula is C29H42F3NO5S. The highest BCUT2D eigenvalue weighted by Crippen LogP contribution is 2.38. The van der Waals surface area contributed by atoms with E-state index in [0.29, 0.717) is 16.3 Å². The lowest BCUT2D eigenvalue weighted by atomic mass is 9.71. The van der Waals surface area contributed by atoms with Gasteiger partial charge in [0, 0.05) is 35.1 Å². The van der Waals surface area contributed by atoms with Gasteiger partial charge in [0.1, 0.15) is 16.9 Å². The van der Waals surface area contributed by atoms with Gasteiger partial charge in [0.15, 0.2) is 0 Å². The van der Waals surface area contributed by atoms with Crippen LogP contribution in [0.2, 0.25) is 0 Å². The van der Waals surface area contributed by atoms with Gasteiger partial charge in [-0.2, -0.15) is 13.2 Å². The van der Waals surface area contributed by atoms with Gasteiger partial charge in [-0.1, -0.05) is 47.6 Å². The molecule has 6 nitrogen and oxygen atoms in total. The van der Waals surface area contributed by atoms with Gasteiger partial charge in [0.2, 0.25) is 0 Å². The molecule has 0 saturated carbocycles. The van der Waals surface area contributed by atoms with E-state index >= 15 is 0 Å². The number of Topliss-reactive ketones (excluding diaryl/α,β-unsaturated/α-hetero) is 1. The molecule has 0 aromatic carbocycles. The molecule has 10 heteroatoms. The summed E-state index contributed by atoms with van der Waals surface area (Å²) in [7, 11) is 0. The molecule has 0 amide bonds. The smallest absolute Gasteiger partial charge is 0.412 e. The van der Waals surface area contributed by atoms with Crippen LogP contribution in [0.4, 0.5) is 13.2 Å². The minimum atomic E-state index is -4.58. The second kappa shape index (κ2) is 13.5. The maximum atomic E-state index is 14.1. The summed E-state index contributed by atoms with van der Waals surface area (Å²) in [6.07, 6.45) is -4.22. The first-order chi connectivity index (χ1) is 18.0. The average Bonchev–Trinajstić information content (AvgIpc) is 3.32. The maximum Gasteiger partial charge on any atom is 0.412 e. The fraction of sp³-hybridized carbons (Fsp3) is 0.690. The number of aromatic nitrogens is 1. The van der Waals surface area contributed by atoms with E-state index in [1.165, 1.54) is 11.3 Å². The van der Waals surface area contributed by atoms with Crippen LogP contribution >= 0.6 is 11.3 Å². The number of hydrogen-bond acceptors (Lipinski definition) is 7. The van der Waals surface area contributed by atoms with E-state index in [0.717, 1.165) is 6.08 Å². The molecule has 0 aliphatic carbocycles. The molecule has 0 bridgehead atoms. The minimum absolute atomic E-state index is 0.102. The third-order valence-electron chi connectivity index (χ3n) is 8.16.